The van der Waals surface area contributed by atoms with Gasteiger partial charge in [-0.3, -0.25) is 0 Å². The molecular weight excluding hydrogens is 224 g/mol. The summed E-state index contributed by atoms with van der Waals surface area (Å²) in [5, 5.41) is 0. The van der Waals surface area contributed by atoms with Crippen molar-refractivity contribution in [3.8, 4) is 0 Å². The molecule has 10 rings (SSSR count). The van der Waals surface area contributed by atoms with Crippen molar-refractivity contribution in [3.05, 3.63) is 0 Å². The fourth-order valence-electron chi connectivity index (χ4n) is 19.5. The van der Waals surface area contributed by atoms with Crippen LogP contribution in [-0.2, 0) is 6.51 Å². The summed E-state index contributed by atoms with van der Waals surface area (Å²) < 4.78 is 2.40. The van der Waals surface area contributed by atoms with E-state index in [1.165, 1.54) is 47.2 Å². The van der Waals surface area contributed by atoms with E-state index in [0.717, 1.165) is 0 Å². The molecule has 0 N–H and O–H groups in total. The third kappa shape index (κ3) is 0.0421. The number of rotatable bonds is 2. The van der Waals surface area contributed by atoms with Crippen LogP contribution < -0.4 is 0 Å². The molecule has 0 aromatic heterocycles. The van der Waals surface area contributed by atoms with Crippen LogP contribution in [0.5, 0.6) is 0 Å². The molecule has 10 heterocycles. The summed E-state index contributed by atoms with van der Waals surface area (Å²) in [6, 6.07) is 0. The van der Waals surface area contributed by atoms with Crippen molar-refractivity contribution in [2.45, 2.75) is 73.8 Å². The molecule has 0 aliphatic carbocycles. The fourth-order valence-corrected chi connectivity index (χ4v) is 99.0. The van der Waals surface area contributed by atoms with Crippen molar-refractivity contribution in [1.29, 1.82) is 0 Å². The van der Waals surface area contributed by atoms with Gasteiger partial charge in [0.15, 0.2) is 0 Å². The summed E-state index contributed by atoms with van der Waals surface area (Å²) >= 11 is 0. The van der Waals surface area contributed by atoms with Crippen molar-refractivity contribution in [3.63, 3.8) is 0 Å². The first-order chi connectivity index (χ1) is 7.05. The molecule has 0 bridgehead atoms. The topological polar surface area (TPSA) is 0 Å². The second-order valence-electron chi connectivity index (χ2n) is 10.8. The zero-order valence-corrected chi connectivity index (χ0v) is 10.5. The Balaban J connectivity index is 1.88. The van der Waals surface area contributed by atoms with Gasteiger partial charge < -0.3 is 0 Å². The first-order valence-corrected chi connectivity index (χ1v) is 13.5. The second-order valence-corrected chi connectivity index (χ2v) is 34.2. The van der Waals surface area contributed by atoms with E-state index >= 15 is 0 Å². The van der Waals surface area contributed by atoms with Gasteiger partial charge in [0.05, 0.1) is 0 Å². The van der Waals surface area contributed by atoms with E-state index in [2.05, 4.69) is 13.8 Å². The van der Waals surface area contributed by atoms with Gasteiger partial charge >= 0.3 is 80.4 Å². The number of hydrogen-bond acceptors (Lipinski definition) is 0. The fraction of sp³-hybridized carbons (Fsp3) is 1.00. The number of fused-ring (bicyclic) bond motifs is 10. The van der Waals surface area contributed by atoms with Crippen molar-refractivity contribution in [2.75, 3.05) is 0 Å². The average Bonchev–Trinajstić information content (AvgIpc) is 3.22. The quantitative estimate of drug-likeness (QED) is 0.602. The van der Waals surface area contributed by atoms with E-state index in [-0.39, 0.29) is 0 Å². The molecule has 10 fully saturated rings. The van der Waals surface area contributed by atoms with Crippen LogP contribution in [0.3, 0.4) is 0 Å². The van der Waals surface area contributed by atoms with Crippen LogP contribution >= 0.6 is 0 Å². The van der Waals surface area contributed by atoms with Gasteiger partial charge in [0.25, 0.3) is 0 Å². The summed E-state index contributed by atoms with van der Waals surface area (Å²) in [5.74, 6) is 0. The molecule has 0 saturated carbocycles. The van der Waals surface area contributed by atoms with Crippen LogP contribution in [0.4, 0.5) is 0 Å². The van der Waals surface area contributed by atoms with Gasteiger partial charge in [-0.25, -0.2) is 0 Å². The van der Waals surface area contributed by atoms with Gasteiger partial charge in [-0.15, -0.1) is 0 Å². The molecule has 15 heavy (non-hydrogen) atoms. The Bertz CT molecular complexity index is 851. The van der Waals surface area contributed by atoms with Crippen LogP contribution in [0.15, 0.2) is 0 Å². The predicted molar refractivity (Wildman–Crippen MR) is 56.0 cm³/mol. The van der Waals surface area contributed by atoms with E-state index in [1.54, 1.807) is 12.8 Å². The molecule has 0 amide bonds. The summed E-state index contributed by atoms with van der Waals surface area (Å²) in [5.41, 5.74) is 0. The average molecular weight is 242 g/mol. The standard InChI is InChI=1S/2C7H9.Fe/c2*1-2-7-5-3-4-6-7;/h2*3-6H,2H2,1H3;. The minimum absolute atomic E-state index is 1.20. The van der Waals surface area contributed by atoms with Gasteiger partial charge in [-0.1, -0.05) is 0 Å². The zero-order valence-electron chi connectivity index (χ0n) is 9.39. The van der Waals surface area contributed by atoms with Crippen LogP contribution in [0.2, 0.25) is 47.2 Å². The zero-order chi connectivity index (χ0) is 9.35. The third-order valence-electron chi connectivity index (χ3n) is 16.5. The van der Waals surface area contributed by atoms with Crippen LogP contribution in [0, 0.1) is 0 Å². The molecular formula is C14H18Fe. The predicted octanol–water partition coefficient (Wildman–Crippen LogP) is 4.94. The SMILES string of the molecule is CC[C]12[CH]3[CH]4[CH]5[CH]1[Fe]45321678[CH]2[CH]1[CH]6[C]7(CC)[CH]28. The summed E-state index contributed by atoms with van der Waals surface area (Å²) in [4.78, 5) is 12.2. The molecule has 10 aliphatic heterocycles. The normalized spacial score (nSPS) is 139. The van der Waals surface area contributed by atoms with E-state index < -0.39 is 6.51 Å². The van der Waals surface area contributed by atoms with Crippen molar-refractivity contribution in [1.82, 2.24) is 0 Å². The van der Waals surface area contributed by atoms with Gasteiger partial charge in [-0.2, -0.15) is 0 Å². The van der Waals surface area contributed by atoms with Crippen molar-refractivity contribution >= 4 is 0 Å². The third-order valence-corrected chi connectivity index (χ3v) is 60.9. The minimum atomic E-state index is -2.72. The Labute approximate surface area is 80.5 Å². The van der Waals surface area contributed by atoms with Crippen molar-refractivity contribution in [2.24, 2.45) is 0 Å². The Morgan fingerprint density at radius 3 is 1.20 bits per heavy atom. The summed E-state index contributed by atoms with van der Waals surface area (Å²) in [6.45, 7) is 2.48. The van der Waals surface area contributed by atoms with E-state index in [1.807, 2.05) is 0 Å². The van der Waals surface area contributed by atoms with Gasteiger partial charge in [0.1, 0.15) is 0 Å². The summed E-state index contributed by atoms with van der Waals surface area (Å²) in [7, 11) is 0. The maximum absolute atomic E-state index is 2.72. The van der Waals surface area contributed by atoms with Gasteiger partial charge in [-0.05, 0) is 0 Å². The monoisotopic (exact) mass is 242 g/mol. The van der Waals surface area contributed by atoms with Crippen LogP contribution in [-0.4, -0.2) is 0 Å². The Morgan fingerprint density at radius 1 is 0.733 bits per heavy atom. The number of hydrogen-bond donors (Lipinski definition) is 0. The molecule has 8 atom stereocenters. The molecule has 0 aromatic carbocycles. The van der Waals surface area contributed by atoms with Crippen LogP contribution in [0.1, 0.15) is 26.7 Å². The van der Waals surface area contributed by atoms with Crippen LogP contribution in [0.25, 0.3) is 0 Å². The second kappa shape index (κ2) is 0.380. The molecule has 10 aliphatic rings. The molecule has 8 unspecified atom stereocenters. The van der Waals surface area contributed by atoms with E-state index in [4.69, 9.17) is 0 Å². The molecule has 1 spiro atoms. The molecule has 82 valence electrons. The molecule has 10 saturated heterocycles. The van der Waals surface area contributed by atoms with Crippen molar-refractivity contribution < 1.29 is 6.51 Å². The van der Waals surface area contributed by atoms with Gasteiger partial charge in [0.2, 0.25) is 0 Å². The molecule has 0 radical (unpaired) electrons. The molecule has 1 heteroatoms. The molecule has 0 aromatic rings. The first-order valence-electron chi connectivity index (χ1n) is 7.26. The Morgan fingerprint density at radius 2 is 1.07 bits per heavy atom. The van der Waals surface area contributed by atoms with E-state index in [9.17, 15) is 0 Å². The van der Waals surface area contributed by atoms with E-state index in [0.29, 0.717) is 0 Å². The Hall–Kier alpha value is 0.519. The van der Waals surface area contributed by atoms with Gasteiger partial charge in [0, 0.05) is 0 Å². The molecule has 0 nitrogen and oxygen atoms in total. The maximum atomic E-state index is 2.60. The Kier molecular flexibility index (Phi) is 0.138. The first kappa shape index (κ1) is 5.44. The summed E-state index contributed by atoms with van der Waals surface area (Å²) in [6.07, 6.45) is 3.34.